The van der Waals surface area contributed by atoms with Crippen LogP contribution >= 0.6 is 22.9 Å². The molecule has 1 aliphatic carbocycles. The molecule has 1 aliphatic rings. The number of aromatic nitrogens is 2. The molecule has 10 heteroatoms. The predicted octanol–water partition coefficient (Wildman–Crippen LogP) is 4.70. The van der Waals surface area contributed by atoms with Gasteiger partial charge in [0.25, 0.3) is 5.56 Å². The van der Waals surface area contributed by atoms with Crippen LogP contribution in [0.1, 0.15) is 48.7 Å². The number of hydrogen-bond acceptors (Lipinski definition) is 6. The Labute approximate surface area is 211 Å². The number of sulfonamides is 1. The summed E-state index contributed by atoms with van der Waals surface area (Å²) < 4.78 is 29.6. The molecule has 182 valence electrons. The number of fused-ring (bicyclic) bond motifs is 1. The lowest BCUT2D eigenvalue weighted by Gasteiger charge is -2.19. The van der Waals surface area contributed by atoms with Crippen LogP contribution in [0.25, 0.3) is 21.3 Å². The minimum Gasteiger partial charge on any atom is -0.386 e. The maximum Gasteiger partial charge on any atom is 0.270 e. The molecular formula is C25H24ClN3O4S2. The van der Waals surface area contributed by atoms with Crippen LogP contribution in [0.3, 0.4) is 0 Å². The van der Waals surface area contributed by atoms with Crippen LogP contribution in [0, 0.1) is 0 Å². The average Bonchev–Trinajstić information content (AvgIpc) is 3.57. The van der Waals surface area contributed by atoms with Crippen LogP contribution in [-0.2, 0) is 15.6 Å². The first-order valence-corrected chi connectivity index (χ1v) is 13.9. The molecule has 1 fully saturated rings. The number of H-pyrrole nitrogens is 1. The van der Waals surface area contributed by atoms with Crippen LogP contribution in [0.2, 0.25) is 5.02 Å². The van der Waals surface area contributed by atoms with Gasteiger partial charge in [-0.05, 0) is 55.8 Å². The first-order valence-electron chi connectivity index (χ1n) is 11.2. The normalized spacial score (nSPS) is 15.4. The Kier molecular flexibility index (Phi) is 6.09. The van der Waals surface area contributed by atoms with Crippen molar-refractivity contribution in [1.82, 2.24) is 14.9 Å². The monoisotopic (exact) mass is 529 g/mol. The Morgan fingerprint density at radius 2 is 1.91 bits per heavy atom. The molecule has 0 amide bonds. The second-order valence-electron chi connectivity index (χ2n) is 9.24. The van der Waals surface area contributed by atoms with Gasteiger partial charge in [-0.2, -0.15) is 5.10 Å². The van der Waals surface area contributed by atoms with E-state index >= 15 is 0 Å². The number of benzene rings is 2. The SMILES string of the molecule is CC(C)(O)c1cc(-c2cccc3cc([C@H](NS(=O)(=O)C4CC4)c4ccccc4Cl)sc23)n[nH]c1=O. The Morgan fingerprint density at radius 1 is 1.17 bits per heavy atom. The van der Waals surface area contributed by atoms with Crippen molar-refractivity contribution in [1.29, 1.82) is 0 Å². The quantitative estimate of drug-likeness (QED) is 0.321. The minimum absolute atomic E-state index is 0.211. The summed E-state index contributed by atoms with van der Waals surface area (Å²) in [7, 11) is -3.51. The number of aliphatic hydroxyl groups is 1. The largest absolute Gasteiger partial charge is 0.386 e. The highest BCUT2D eigenvalue weighted by Gasteiger charge is 2.38. The molecule has 0 saturated heterocycles. The van der Waals surface area contributed by atoms with Gasteiger partial charge in [-0.25, -0.2) is 18.2 Å². The fourth-order valence-corrected chi connectivity index (χ4v) is 7.15. The van der Waals surface area contributed by atoms with Gasteiger partial charge >= 0.3 is 0 Å². The van der Waals surface area contributed by atoms with Crippen molar-refractivity contribution >= 4 is 43.0 Å². The van der Waals surface area contributed by atoms with Crippen molar-refractivity contribution in [2.24, 2.45) is 0 Å². The molecule has 2 aromatic carbocycles. The minimum atomic E-state index is -3.51. The van der Waals surface area contributed by atoms with Gasteiger partial charge in [0.2, 0.25) is 10.0 Å². The smallest absolute Gasteiger partial charge is 0.270 e. The Balaban J connectivity index is 1.65. The number of rotatable bonds is 7. The molecule has 0 spiro atoms. The van der Waals surface area contributed by atoms with E-state index < -0.39 is 27.2 Å². The fourth-order valence-electron chi connectivity index (χ4n) is 4.05. The zero-order valence-corrected chi connectivity index (χ0v) is 21.5. The van der Waals surface area contributed by atoms with Crippen molar-refractivity contribution in [3.63, 3.8) is 0 Å². The topological polar surface area (TPSA) is 112 Å². The Bertz CT molecular complexity index is 1580. The van der Waals surface area contributed by atoms with Crippen LogP contribution in [0.4, 0.5) is 0 Å². The van der Waals surface area contributed by atoms with Crippen LogP contribution in [0.5, 0.6) is 0 Å². The van der Waals surface area contributed by atoms with Gasteiger partial charge in [0.05, 0.1) is 28.2 Å². The zero-order chi connectivity index (χ0) is 25.0. The van der Waals surface area contributed by atoms with Crippen LogP contribution < -0.4 is 10.3 Å². The highest BCUT2D eigenvalue weighted by atomic mass is 35.5. The summed E-state index contributed by atoms with van der Waals surface area (Å²) in [5.41, 5.74) is 0.377. The third-order valence-corrected chi connectivity index (χ3v) is 9.55. The summed E-state index contributed by atoms with van der Waals surface area (Å²) in [6.45, 7) is 3.09. The highest BCUT2D eigenvalue weighted by Crippen LogP contribution is 2.41. The third-order valence-electron chi connectivity index (χ3n) is 6.05. The van der Waals surface area contributed by atoms with E-state index in [1.54, 1.807) is 26.0 Å². The van der Waals surface area contributed by atoms with E-state index in [-0.39, 0.29) is 10.8 Å². The lowest BCUT2D eigenvalue weighted by atomic mass is 9.98. The van der Waals surface area contributed by atoms with Gasteiger partial charge < -0.3 is 5.11 Å². The summed E-state index contributed by atoms with van der Waals surface area (Å²) in [6.07, 6.45) is 1.31. The zero-order valence-electron chi connectivity index (χ0n) is 19.1. The Hall–Kier alpha value is -2.56. The van der Waals surface area contributed by atoms with Crippen molar-refractivity contribution in [3.8, 4) is 11.3 Å². The number of nitrogens with one attached hydrogen (secondary N) is 2. The summed E-state index contributed by atoms with van der Waals surface area (Å²) in [5.74, 6) is 0. The van der Waals surface area contributed by atoms with Gasteiger partial charge in [-0.1, -0.05) is 48.0 Å². The number of hydrogen-bond donors (Lipinski definition) is 3. The van der Waals surface area contributed by atoms with Gasteiger partial charge in [0.1, 0.15) is 0 Å². The van der Waals surface area contributed by atoms with Gasteiger partial charge in [0, 0.05) is 20.2 Å². The lowest BCUT2D eigenvalue weighted by Crippen LogP contribution is -2.31. The van der Waals surface area contributed by atoms with Gasteiger partial charge in [-0.3, -0.25) is 4.79 Å². The lowest BCUT2D eigenvalue weighted by molar-refractivity contribution is 0.0769. The summed E-state index contributed by atoms with van der Waals surface area (Å²) in [6, 6.07) is 15.8. The van der Waals surface area contributed by atoms with Gasteiger partial charge in [0.15, 0.2) is 0 Å². The maximum atomic E-state index is 12.9. The molecule has 4 aromatic rings. The van der Waals surface area contributed by atoms with E-state index in [2.05, 4.69) is 14.9 Å². The van der Waals surface area contributed by atoms with Crippen LogP contribution in [0.15, 0.2) is 59.4 Å². The second-order valence-corrected chi connectivity index (χ2v) is 12.7. The van der Waals surface area contributed by atoms with E-state index in [1.807, 2.05) is 42.5 Å². The number of nitrogens with zero attached hydrogens (tertiary/aromatic N) is 1. The van der Waals surface area contributed by atoms with E-state index in [0.717, 1.165) is 20.5 Å². The standard InChI is InChI=1S/C25H24ClN3O4S2/c1-25(2,31)18-13-20(27-28-24(18)30)17-8-5-6-14-12-21(34-23(14)17)22(16-7-3-4-9-19(16)26)29-35(32,33)15-10-11-15/h3-9,12-13,15,22,29,31H,10-11H2,1-2H3,(H,28,30)/t22-/m1/s1. The summed E-state index contributed by atoms with van der Waals surface area (Å²) in [4.78, 5) is 13.0. The highest BCUT2D eigenvalue weighted by molar-refractivity contribution is 7.90. The summed E-state index contributed by atoms with van der Waals surface area (Å²) >= 11 is 7.94. The number of halogens is 1. The average molecular weight is 530 g/mol. The molecule has 1 saturated carbocycles. The molecule has 3 N–H and O–H groups in total. The first-order chi connectivity index (χ1) is 16.5. The van der Waals surface area contributed by atoms with Crippen molar-refractivity contribution in [2.75, 3.05) is 0 Å². The number of aromatic amines is 1. The molecule has 5 rings (SSSR count). The predicted molar refractivity (Wildman–Crippen MR) is 139 cm³/mol. The number of thiophene rings is 1. The molecule has 0 bridgehead atoms. The maximum absolute atomic E-state index is 12.9. The van der Waals surface area contributed by atoms with E-state index in [9.17, 15) is 18.3 Å². The van der Waals surface area contributed by atoms with E-state index in [0.29, 0.717) is 29.1 Å². The Morgan fingerprint density at radius 3 is 2.60 bits per heavy atom. The molecule has 35 heavy (non-hydrogen) atoms. The molecule has 2 heterocycles. The summed E-state index contributed by atoms with van der Waals surface area (Å²) in [5, 5.41) is 18.1. The van der Waals surface area contributed by atoms with Crippen molar-refractivity contribution in [2.45, 2.75) is 43.6 Å². The fraction of sp³-hybridized carbons (Fsp3) is 0.280. The van der Waals surface area contributed by atoms with Crippen LogP contribution in [-0.4, -0.2) is 29.0 Å². The van der Waals surface area contributed by atoms with E-state index in [4.69, 9.17) is 11.6 Å². The van der Waals surface area contributed by atoms with Crippen molar-refractivity contribution in [3.05, 3.63) is 86.0 Å². The first kappa shape index (κ1) is 24.1. The second kappa shape index (κ2) is 8.83. The molecule has 7 nitrogen and oxygen atoms in total. The molecule has 2 aromatic heterocycles. The molecule has 0 unspecified atom stereocenters. The molecule has 1 atom stereocenters. The molecular weight excluding hydrogens is 506 g/mol. The van der Waals surface area contributed by atoms with Crippen molar-refractivity contribution < 1.29 is 13.5 Å². The molecule has 0 radical (unpaired) electrons. The molecule has 0 aliphatic heterocycles. The third kappa shape index (κ3) is 4.79. The van der Waals surface area contributed by atoms with Gasteiger partial charge in [-0.15, -0.1) is 11.3 Å². The van der Waals surface area contributed by atoms with E-state index in [1.165, 1.54) is 11.3 Å².